The van der Waals surface area contributed by atoms with Crippen molar-refractivity contribution in [3.8, 4) is 0 Å². The number of nitrogens with zero attached hydrogens (tertiary/aromatic N) is 3. The van der Waals surface area contributed by atoms with E-state index in [0.29, 0.717) is 5.92 Å². The molecule has 5 heteroatoms. The van der Waals surface area contributed by atoms with Crippen molar-refractivity contribution in [2.75, 3.05) is 39.8 Å². The lowest BCUT2D eigenvalue weighted by Crippen LogP contribution is -2.53. The zero-order valence-corrected chi connectivity index (χ0v) is 20.8. The van der Waals surface area contributed by atoms with E-state index in [1.165, 1.54) is 24.8 Å². The maximum absolute atomic E-state index is 12.8. The number of benzene rings is 2. The van der Waals surface area contributed by atoms with E-state index >= 15 is 0 Å². The molecule has 0 N–H and O–H groups in total. The molecule has 2 fully saturated rings. The second kappa shape index (κ2) is 11.2. The minimum atomic E-state index is -0.203. The highest BCUT2D eigenvalue weighted by molar-refractivity contribution is 5.94. The summed E-state index contributed by atoms with van der Waals surface area (Å²) in [6.07, 6.45) is 6.60. The van der Waals surface area contributed by atoms with Crippen LogP contribution in [0.25, 0.3) is 0 Å². The van der Waals surface area contributed by atoms with Crippen LogP contribution >= 0.6 is 0 Å². The summed E-state index contributed by atoms with van der Waals surface area (Å²) in [6, 6.07) is 20.2. The summed E-state index contributed by atoms with van der Waals surface area (Å²) in [5, 5.41) is 0. The van der Waals surface area contributed by atoms with Gasteiger partial charge in [0.05, 0.1) is 5.54 Å². The average molecular weight is 462 g/mol. The molecule has 2 heterocycles. The molecule has 182 valence electrons. The number of likely N-dealkylation sites (tertiary alicyclic amines) is 2. The quantitative estimate of drug-likeness (QED) is 0.596. The van der Waals surface area contributed by atoms with Crippen LogP contribution in [0.3, 0.4) is 0 Å². The Bertz CT molecular complexity index is 938. The summed E-state index contributed by atoms with van der Waals surface area (Å²) in [5.74, 6) is 0.899. The van der Waals surface area contributed by atoms with Crippen molar-refractivity contribution < 1.29 is 9.59 Å². The van der Waals surface area contributed by atoms with Gasteiger partial charge in [-0.25, -0.2) is 0 Å². The molecule has 5 nitrogen and oxygen atoms in total. The van der Waals surface area contributed by atoms with Gasteiger partial charge in [-0.2, -0.15) is 0 Å². The number of piperidine rings is 2. The maximum atomic E-state index is 12.8. The molecule has 1 unspecified atom stereocenters. The predicted molar refractivity (Wildman–Crippen MR) is 137 cm³/mol. The van der Waals surface area contributed by atoms with Crippen LogP contribution in [0.15, 0.2) is 60.7 Å². The molecule has 2 aromatic rings. The Hall–Kier alpha value is -2.66. The number of hydrogen-bond donors (Lipinski definition) is 0. The minimum Gasteiger partial charge on any atom is -0.338 e. The first kappa shape index (κ1) is 24.5. The van der Waals surface area contributed by atoms with Crippen molar-refractivity contribution >= 4 is 11.8 Å². The van der Waals surface area contributed by atoms with Crippen LogP contribution in [0, 0.1) is 5.92 Å². The number of carbonyl (C=O) groups excluding carboxylic acids is 2. The van der Waals surface area contributed by atoms with Crippen LogP contribution in [0.2, 0.25) is 0 Å². The summed E-state index contributed by atoms with van der Waals surface area (Å²) >= 11 is 0. The molecular formula is C29H39N3O2. The standard InChI is InChI=1S/C29H39N3O2/c1-24(33)30(2)29(27-15-7-4-8-16-27)17-21-31(22-18-29)19-9-11-25-12-10-20-32(23-25)28(34)26-13-5-3-6-14-26/h3-8,13-16,25H,9-12,17-23H2,1-2H3. The number of amides is 2. The fraction of sp³-hybridized carbons (Fsp3) is 0.517. The number of carbonyl (C=O) groups is 2. The monoisotopic (exact) mass is 461 g/mol. The normalized spacial score (nSPS) is 20.6. The van der Waals surface area contributed by atoms with E-state index in [1.54, 1.807) is 6.92 Å². The van der Waals surface area contributed by atoms with Crippen molar-refractivity contribution in [3.05, 3.63) is 71.8 Å². The molecule has 2 amide bonds. The zero-order valence-electron chi connectivity index (χ0n) is 20.8. The topological polar surface area (TPSA) is 43.9 Å². The van der Waals surface area contributed by atoms with Gasteiger partial charge in [-0.15, -0.1) is 0 Å². The minimum absolute atomic E-state index is 0.129. The van der Waals surface area contributed by atoms with Gasteiger partial charge >= 0.3 is 0 Å². The molecule has 0 aliphatic carbocycles. The third-order valence-corrected chi connectivity index (χ3v) is 8.02. The molecule has 0 bridgehead atoms. The Morgan fingerprint density at radius 1 is 0.971 bits per heavy atom. The van der Waals surface area contributed by atoms with Crippen LogP contribution in [-0.4, -0.2) is 66.3 Å². The zero-order chi connectivity index (χ0) is 24.0. The summed E-state index contributed by atoms with van der Waals surface area (Å²) in [4.78, 5) is 31.7. The molecule has 4 rings (SSSR count). The molecule has 34 heavy (non-hydrogen) atoms. The van der Waals surface area contributed by atoms with Crippen LogP contribution in [0.5, 0.6) is 0 Å². The Labute approximate surface area is 204 Å². The van der Waals surface area contributed by atoms with Crippen LogP contribution in [-0.2, 0) is 10.3 Å². The first-order chi connectivity index (χ1) is 16.5. The third-order valence-electron chi connectivity index (χ3n) is 8.02. The van der Waals surface area contributed by atoms with Crippen molar-refractivity contribution in [3.63, 3.8) is 0 Å². The van der Waals surface area contributed by atoms with Gasteiger partial charge in [-0.3, -0.25) is 9.59 Å². The van der Waals surface area contributed by atoms with E-state index < -0.39 is 0 Å². The Morgan fingerprint density at radius 2 is 1.62 bits per heavy atom. The lowest BCUT2D eigenvalue weighted by atomic mass is 9.79. The molecule has 0 aromatic heterocycles. The largest absolute Gasteiger partial charge is 0.338 e. The van der Waals surface area contributed by atoms with Crippen molar-refractivity contribution in [2.24, 2.45) is 5.92 Å². The number of hydrogen-bond acceptors (Lipinski definition) is 3. The van der Waals surface area contributed by atoms with Crippen molar-refractivity contribution in [1.82, 2.24) is 14.7 Å². The van der Waals surface area contributed by atoms with Crippen molar-refractivity contribution in [1.29, 1.82) is 0 Å². The van der Waals surface area contributed by atoms with E-state index in [2.05, 4.69) is 34.1 Å². The maximum Gasteiger partial charge on any atom is 0.253 e. The van der Waals surface area contributed by atoms with Crippen molar-refractivity contribution in [2.45, 2.75) is 51.0 Å². The molecule has 0 radical (unpaired) electrons. The van der Waals surface area contributed by atoms with Gasteiger partial charge in [0.2, 0.25) is 5.91 Å². The first-order valence-corrected chi connectivity index (χ1v) is 12.9. The molecule has 0 spiro atoms. The fourth-order valence-corrected chi connectivity index (χ4v) is 5.87. The van der Waals surface area contributed by atoms with Gasteiger partial charge in [-0.1, -0.05) is 48.5 Å². The van der Waals surface area contributed by atoms with E-state index in [4.69, 9.17) is 0 Å². The van der Waals surface area contributed by atoms with Gasteiger partial charge in [-0.05, 0) is 68.7 Å². The molecule has 0 saturated carbocycles. The second-order valence-electron chi connectivity index (χ2n) is 10.1. The SMILES string of the molecule is CC(=O)N(C)C1(c2ccccc2)CCN(CCCC2CCCN(C(=O)c3ccccc3)C2)CC1. The molecule has 2 aliphatic rings. The van der Waals surface area contributed by atoms with E-state index in [9.17, 15) is 9.59 Å². The average Bonchev–Trinajstić information content (AvgIpc) is 2.89. The molecule has 2 aromatic carbocycles. The molecule has 2 saturated heterocycles. The summed E-state index contributed by atoms with van der Waals surface area (Å²) in [6.45, 7) is 6.55. The first-order valence-electron chi connectivity index (χ1n) is 12.9. The van der Waals surface area contributed by atoms with Gasteiger partial charge in [0, 0.05) is 45.7 Å². The van der Waals surface area contributed by atoms with Gasteiger partial charge in [0.15, 0.2) is 0 Å². The number of rotatable bonds is 7. The smallest absolute Gasteiger partial charge is 0.253 e. The fourth-order valence-electron chi connectivity index (χ4n) is 5.87. The van der Waals surface area contributed by atoms with Crippen LogP contribution < -0.4 is 0 Å². The van der Waals surface area contributed by atoms with Gasteiger partial charge in [0.1, 0.15) is 0 Å². The Balaban J connectivity index is 1.27. The highest BCUT2D eigenvalue weighted by Crippen LogP contribution is 2.38. The van der Waals surface area contributed by atoms with Crippen LogP contribution in [0.4, 0.5) is 0 Å². The van der Waals surface area contributed by atoms with Gasteiger partial charge < -0.3 is 14.7 Å². The van der Waals surface area contributed by atoms with E-state index in [-0.39, 0.29) is 17.4 Å². The third kappa shape index (κ3) is 5.52. The van der Waals surface area contributed by atoms with Gasteiger partial charge in [0.25, 0.3) is 5.91 Å². The second-order valence-corrected chi connectivity index (χ2v) is 10.1. The lowest BCUT2D eigenvalue weighted by Gasteiger charge is -2.47. The van der Waals surface area contributed by atoms with E-state index in [0.717, 1.165) is 57.5 Å². The molecule has 2 aliphatic heterocycles. The molecular weight excluding hydrogens is 422 g/mol. The Morgan fingerprint density at radius 3 is 2.26 bits per heavy atom. The summed E-state index contributed by atoms with van der Waals surface area (Å²) in [5.41, 5.74) is 1.84. The highest BCUT2D eigenvalue weighted by Gasteiger charge is 2.40. The van der Waals surface area contributed by atoms with Crippen LogP contribution in [0.1, 0.15) is 61.4 Å². The summed E-state index contributed by atoms with van der Waals surface area (Å²) in [7, 11) is 1.95. The predicted octanol–water partition coefficient (Wildman–Crippen LogP) is 4.79. The summed E-state index contributed by atoms with van der Waals surface area (Å²) < 4.78 is 0. The molecule has 1 atom stereocenters. The highest BCUT2D eigenvalue weighted by atomic mass is 16.2. The Kier molecular flexibility index (Phi) is 8.04. The lowest BCUT2D eigenvalue weighted by molar-refractivity contribution is -0.136. The van der Waals surface area contributed by atoms with E-state index in [1.807, 2.05) is 48.3 Å².